The van der Waals surface area contributed by atoms with Crippen LogP contribution in [0.15, 0.2) is 18.2 Å². The van der Waals surface area contributed by atoms with Crippen molar-refractivity contribution in [1.29, 1.82) is 0 Å². The number of unbranched alkanes of at least 4 members (excludes halogenated alkanes) is 3. The second-order valence-corrected chi connectivity index (χ2v) is 4.52. The maximum absolute atomic E-state index is 13.1. The number of carbonyl (C=O) groups excluding carboxylic acids is 1. The van der Waals surface area contributed by atoms with Crippen molar-refractivity contribution in [3.63, 3.8) is 0 Å². The van der Waals surface area contributed by atoms with E-state index in [1.54, 1.807) is 0 Å². The topological polar surface area (TPSA) is 50.4 Å². The molecule has 5 heteroatoms. The second kappa shape index (κ2) is 9.18. The monoisotopic (exact) mass is 282 g/mol. The number of rotatable bonds is 8. The second-order valence-electron chi connectivity index (χ2n) is 4.52. The van der Waals surface area contributed by atoms with Gasteiger partial charge in [0.2, 0.25) is 0 Å². The summed E-state index contributed by atoms with van der Waals surface area (Å²) in [5.41, 5.74) is 0.472. The van der Waals surface area contributed by atoms with Crippen molar-refractivity contribution in [1.82, 2.24) is 5.32 Å². The van der Waals surface area contributed by atoms with Crippen molar-refractivity contribution in [2.45, 2.75) is 39.5 Å². The highest BCUT2D eigenvalue weighted by molar-refractivity contribution is 5.90. The lowest BCUT2D eigenvalue weighted by Crippen LogP contribution is -2.29. The van der Waals surface area contributed by atoms with Crippen LogP contribution in [0.4, 0.5) is 14.9 Å². The molecule has 1 rings (SSSR count). The fourth-order valence-corrected chi connectivity index (χ4v) is 1.79. The third kappa shape index (κ3) is 5.91. The Balaban J connectivity index is 2.44. The number of benzene rings is 1. The van der Waals surface area contributed by atoms with Crippen LogP contribution in [0.3, 0.4) is 0 Å². The summed E-state index contributed by atoms with van der Waals surface area (Å²) in [6.07, 6.45) is 4.41. The molecular weight excluding hydrogens is 259 g/mol. The molecule has 2 N–H and O–H groups in total. The Morgan fingerprint density at radius 1 is 1.25 bits per heavy atom. The van der Waals surface area contributed by atoms with Crippen molar-refractivity contribution < 1.29 is 13.9 Å². The van der Waals surface area contributed by atoms with E-state index in [4.69, 9.17) is 4.74 Å². The van der Waals surface area contributed by atoms with Gasteiger partial charge in [-0.2, -0.15) is 0 Å². The number of urea groups is 1. The summed E-state index contributed by atoms with van der Waals surface area (Å²) >= 11 is 0. The Labute approximate surface area is 119 Å². The highest BCUT2D eigenvalue weighted by Crippen LogP contribution is 2.25. The number of nitrogens with one attached hydrogen (secondary N) is 2. The van der Waals surface area contributed by atoms with E-state index >= 15 is 0 Å². The largest absolute Gasteiger partial charge is 0.492 e. The number of hydrogen-bond donors (Lipinski definition) is 2. The molecule has 0 bridgehead atoms. The van der Waals surface area contributed by atoms with Gasteiger partial charge in [-0.15, -0.1) is 0 Å². The van der Waals surface area contributed by atoms with E-state index in [2.05, 4.69) is 17.6 Å². The number of halogens is 1. The number of anilines is 1. The van der Waals surface area contributed by atoms with Crippen LogP contribution in [0.1, 0.15) is 39.5 Å². The molecule has 20 heavy (non-hydrogen) atoms. The number of hydrogen-bond acceptors (Lipinski definition) is 2. The minimum atomic E-state index is -0.390. The third-order valence-corrected chi connectivity index (χ3v) is 2.81. The van der Waals surface area contributed by atoms with Crippen molar-refractivity contribution in [2.24, 2.45) is 0 Å². The zero-order valence-corrected chi connectivity index (χ0v) is 12.2. The quantitative estimate of drug-likeness (QED) is 0.710. The molecule has 1 aromatic carbocycles. The molecule has 0 aliphatic heterocycles. The zero-order chi connectivity index (χ0) is 14.8. The molecule has 4 nitrogen and oxygen atoms in total. The minimum Gasteiger partial charge on any atom is -0.492 e. The Kier molecular flexibility index (Phi) is 7.47. The summed E-state index contributed by atoms with van der Waals surface area (Å²) in [6.45, 7) is 5.00. The molecule has 0 saturated heterocycles. The van der Waals surface area contributed by atoms with Crippen LogP contribution < -0.4 is 15.4 Å². The standard InChI is InChI=1S/C15H23FN2O2/c1-3-5-6-7-10-17-15(19)18-13-9-8-12(16)11-14(13)20-4-2/h8-9,11H,3-7,10H2,1-2H3,(H2,17,18,19). The summed E-state index contributed by atoms with van der Waals surface area (Å²) in [6, 6.07) is 3.76. The first-order valence-corrected chi connectivity index (χ1v) is 7.14. The first kappa shape index (κ1) is 16.3. The average Bonchev–Trinajstić information content (AvgIpc) is 2.42. The van der Waals surface area contributed by atoms with E-state index in [0.717, 1.165) is 12.8 Å². The summed E-state index contributed by atoms with van der Waals surface area (Å²) in [5, 5.41) is 5.45. The fourth-order valence-electron chi connectivity index (χ4n) is 1.79. The van der Waals surface area contributed by atoms with Crippen molar-refractivity contribution in [2.75, 3.05) is 18.5 Å². The predicted octanol–water partition coefficient (Wildman–Crippen LogP) is 3.93. The van der Waals surface area contributed by atoms with Crippen LogP contribution in [0.25, 0.3) is 0 Å². The lowest BCUT2D eigenvalue weighted by atomic mass is 10.2. The van der Waals surface area contributed by atoms with Gasteiger partial charge in [0.1, 0.15) is 11.6 Å². The lowest BCUT2D eigenvalue weighted by molar-refractivity contribution is 0.251. The minimum absolute atomic E-state index is 0.297. The van der Waals surface area contributed by atoms with Gasteiger partial charge < -0.3 is 15.4 Å². The average molecular weight is 282 g/mol. The molecule has 0 unspecified atom stereocenters. The van der Waals surface area contributed by atoms with Crippen LogP contribution >= 0.6 is 0 Å². The van der Waals surface area contributed by atoms with Gasteiger partial charge in [0, 0.05) is 12.6 Å². The van der Waals surface area contributed by atoms with E-state index in [1.807, 2.05) is 6.92 Å². The molecule has 0 aliphatic carbocycles. The Morgan fingerprint density at radius 2 is 2.05 bits per heavy atom. The molecule has 0 aromatic heterocycles. The van der Waals surface area contributed by atoms with Gasteiger partial charge in [-0.1, -0.05) is 26.2 Å². The van der Waals surface area contributed by atoms with Crippen molar-refractivity contribution in [3.05, 3.63) is 24.0 Å². The Morgan fingerprint density at radius 3 is 2.75 bits per heavy atom. The Hall–Kier alpha value is -1.78. The summed E-state index contributed by atoms with van der Waals surface area (Å²) in [4.78, 5) is 11.7. The van der Waals surface area contributed by atoms with Crippen molar-refractivity contribution in [3.8, 4) is 5.75 Å². The number of amides is 2. The molecule has 0 atom stereocenters. The SMILES string of the molecule is CCCCCCNC(=O)Nc1ccc(F)cc1OCC. The maximum Gasteiger partial charge on any atom is 0.319 e. The van der Waals surface area contributed by atoms with Crippen molar-refractivity contribution >= 4 is 11.7 Å². The molecule has 0 radical (unpaired) electrons. The van der Waals surface area contributed by atoms with E-state index in [9.17, 15) is 9.18 Å². The van der Waals surface area contributed by atoms with Gasteiger partial charge in [0.25, 0.3) is 0 Å². The third-order valence-electron chi connectivity index (χ3n) is 2.81. The summed E-state index contributed by atoms with van der Waals surface area (Å²) < 4.78 is 18.4. The maximum atomic E-state index is 13.1. The van der Waals surface area contributed by atoms with Gasteiger partial charge in [-0.3, -0.25) is 0 Å². The van der Waals surface area contributed by atoms with Crippen LogP contribution in [0.2, 0.25) is 0 Å². The molecule has 0 heterocycles. The van der Waals surface area contributed by atoms with Gasteiger partial charge in [0.15, 0.2) is 0 Å². The summed E-state index contributed by atoms with van der Waals surface area (Å²) in [5.74, 6) is -0.0485. The molecule has 0 saturated carbocycles. The molecule has 112 valence electrons. The smallest absolute Gasteiger partial charge is 0.319 e. The lowest BCUT2D eigenvalue weighted by Gasteiger charge is -2.12. The zero-order valence-electron chi connectivity index (χ0n) is 12.2. The van der Waals surface area contributed by atoms with Crippen LogP contribution in [-0.4, -0.2) is 19.2 Å². The highest BCUT2D eigenvalue weighted by atomic mass is 19.1. The first-order valence-electron chi connectivity index (χ1n) is 7.14. The van der Waals surface area contributed by atoms with Crippen LogP contribution in [-0.2, 0) is 0 Å². The normalized spacial score (nSPS) is 10.2. The number of ether oxygens (including phenoxy) is 1. The summed E-state index contributed by atoms with van der Waals surface area (Å²) in [7, 11) is 0. The van der Waals surface area contributed by atoms with E-state index in [1.165, 1.54) is 31.0 Å². The van der Waals surface area contributed by atoms with E-state index in [0.29, 0.717) is 24.6 Å². The van der Waals surface area contributed by atoms with E-state index < -0.39 is 0 Å². The molecular formula is C15H23FN2O2. The predicted molar refractivity (Wildman–Crippen MR) is 78.7 cm³/mol. The van der Waals surface area contributed by atoms with Crippen LogP contribution in [0, 0.1) is 5.82 Å². The van der Waals surface area contributed by atoms with Gasteiger partial charge in [0.05, 0.1) is 12.3 Å². The van der Waals surface area contributed by atoms with E-state index in [-0.39, 0.29) is 11.8 Å². The molecule has 2 amide bonds. The fraction of sp³-hybridized carbons (Fsp3) is 0.533. The van der Waals surface area contributed by atoms with Gasteiger partial charge in [-0.25, -0.2) is 9.18 Å². The molecule has 0 aliphatic rings. The molecule has 1 aromatic rings. The first-order chi connectivity index (χ1) is 9.67. The number of carbonyl (C=O) groups is 1. The molecule has 0 spiro atoms. The highest BCUT2D eigenvalue weighted by Gasteiger charge is 2.08. The van der Waals surface area contributed by atoms with Gasteiger partial charge in [-0.05, 0) is 25.5 Å². The van der Waals surface area contributed by atoms with Crippen LogP contribution in [0.5, 0.6) is 5.75 Å². The molecule has 0 fully saturated rings. The van der Waals surface area contributed by atoms with Gasteiger partial charge >= 0.3 is 6.03 Å². The Bertz CT molecular complexity index is 424.